The van der Waals surface area contributed by atoms with Crippen molar-refractivity contribution in [2.75, 3.05) is 19.6 Å². The predicted octanol–water partition coefficient (Wildman–Crippen LogP) is 1.14. The lowest BCUT2D eigenvalue weighted by Crippen LogP contribution is -2.32. The molecule has 0 spiro atoms. The number of fused-ring (bicyclic) bond motifs is 1. The topological polar surface area (TPSA) is 55.7 Å². The number of benzene rings is 1. The Labute approximate surface area is 107 Å². The van der Waals surface area contributed by atoms with E-state index in [9.17, 15) is 10.2 Å². The van der Waals surface area contributed by atoms with E-state index in [2.05, 4.69) is 17.1 Å². The summed E-state index contributed by atoms with van der Waals surface area (Å²) >= 11 is 0. The van der Waals surface area contributed by atoms with Crippen molar-refractivity contribution in [3.63, 3.8) is 0 Å². The van der Waals surface area contributed by atoms with Gasteiger partial charge in [-0.25, -0.2) is 0 Å². The third-order valence-electron chi connectivity index (χ3n) is 4.48. The summed E-state index contributed by atoms with van der Waals surface area (Å²) in [6.45, 7) is 6.52. The Morgan fingerprint density at radius 2 is 2.11 bits per heavy atom. The van der Waals surface area contributed by atoms with E-state index in [1.807, 2.05) is 6.07 Å². The normalized spacial score (nSPS) is 31.7. The quantitative estimate of drug-likeness (QED) is 0.687. The molecular formula is C14H20N2O2. The van der Waals surface area contributed by atoms with Gasteiger partial charge in [0.15, 0.2) is 11.5 Å². The summed E-state index contributed by atoms with van der Waals surface area (Å²) in [7, 11) is 0. The molecule has 3 unspecified atom stereocenters. The Balaban J connectivity index is 1.71. The Morgan fingerprint density at radius 3 is 2.83 bits per heavy atom. The highest BCUT2D eigenvalue weighted by atomic mass is 16.3. The summed E-state index contributed by atoms with van der Waals surface area (Å²) in [5.41, 5.74) is 1.06. The molecule has 0 radical (unpaired) electrons. The number of aromatic hydroxyl groups is 2. The molecule has 4 heteroatoms. The number of phenolic OH excluding ortho intramolecular Hbond substituents is 2. The number of hydrogen-bond donors (Lipinski definition) is 3. The number of phenols is 2. The lowest BCUT2D eigenvalue weighted by molar-refractivity contribution is 0.231. The first-order valence-electron chi connectivity index (χ1n) is 6.61. The van der Waals surface area contributed by atoms with Gasteiger partial charge >= 0.3 is 0 Å². The van der Waals surface area contributed by atoms with Crippen molar-refractivity contribution in [1.29, 1.82) is 0 Å². The Bertz CT molecular complexity index is 449. The van der Waals surface area contributed by atoms with Gasteiger partial charge in [-0.05, 0) is 49.5 Å². The summed E-state index contributed by atoms with van der Waals surface area (Å²) in [6.07, 6.45) is 0. The minimum atomic E-state index is -0.0470. The molecule has 0 bridgehead atoms. The zero-order chi connectivity index (χ0) is 12.7. The molecule has 2 aliphatic heterocycles. The fourth-order valence-corrected chi connectivity index (χ4v) is 3.37. The van der Waals surface area contributed by atoms with Crippen molar-refractivity contribution in [3.8, 4) is 11.5 Å². The molecule has 0 saturated carbocycles. The van der Waals surface area contributed by atoms with E-state index < -0.39 is 0 Å². The van der Waals surface area contributed by atoms with E-state index in [4.69, 9.17) is 0 Å². The van der Waals surface area contributed by atoms with Crippen molar-refractivity contribution in [3.05, 3.63) is 23.8 Å². The molecule has 2 saturated heterocycles. The Kier molecular flexibility index (Phi) is 2.92. The summed E-state index contributed by atoms with van der Waals surface area (Å²) in [5, 5.41) is 22.3. The zero-order valence-electron chi connectivity index (χ0n) is 10.6. The monoisotopic (exact) mass is 248 g/mol. The molecule has 0 aliphatic carbocycles. The fraction of sp³-hybridized carbons (Fsp3) is 0.571. The van der Waals surface area contributed by atoms with Crippen LogP contribution in [-0.4, -0.2) is 40.8 Å². The number of nitrogens with zero attached hydrogens (tertiary/aromatic N) is 1. The van der Waals surface area contributed by atoms with Crippen molar-refractivity contribution < 1.29 is 10.2 Å². The molecular weight excluding hydrogens is 228 g/mol. The molecule has 98 valence electrons. The van der Waals surface area contributed by atoms with E-state index >= 15 is 0 Å². The maximum Gasteiger partial charge on any atom is 0.157 e. The van der Waals surface area contributed by atoms with Crippen LogP contribution in [0.1, 0.15) is 12.5 Å². The molecule has 1 aromatic rings. The first-order chi connectivity index (χ1) is 8.65. The third kappa shape index (κ3) is 1.95. The summed E-state index contributed by atoms with van der Waals surface area (Å²) in [5.74, 6) is 1.46. The van der Waals surface area contributed by atoms with Crippen LogP contribution in [0.4, 0.5) is 0 Å². The van der Waals surface area contributed by atoms with Crippen LogP contribution in [0.15, 0.2) is 18.2 Å². The van der Waals surface area contributed by atoms with Gasteiger partial charge in [0.05, 0.1) is 0 Å². The molecule has 18 heavy (non-hydrogen) atoms. The number of nitrogens with one attached hydrogen (secondary N) is 1. The average molecular weight is 248 g/mol. The minimum absolute atomic E-state index is 0.0267. The van der Waals surface area contributed by atoms with Crippen LogP contribution in [0.25, 0.3) is 0 Å². The number of rotatable bonds is 2. The van der Waals surface area contributed by atoms with Crippen molar-refractivity contribution in [2.45, 2.75) is 19.5 Å². The molecule has 2 heterocycles. The van der Waals surface area contributed by atoms with Crippen LogP contribution in [0.5, 0.6) is 11.5 Å². The highest BCUT2D eigenvalue weighted by Gasteiger charge is 2.41. The predicted molar refractivity (Wildman–Crippen MR) is 69.5 cm³/mol. The van der Waals surface area contributed by atoms with Gasteiger partial charge in [-0.15, -0.1) is 0 Å². The van der Waals surface area contributed by atoms with Crippen molar-refractivity contribution in [1.82, 2.24) is 10.2 Å². The molecule has 0 amide bonds. The van der Waals surface area contributed by atoms with Crippen LogP contribution in [0.2, 0.25) is 0 Å². The molecule has 4 nitrogen and oxygen atoms in total. The van der Waals surface area contributed by atoms with E-state index in [-0.39, 0.29) is 11.5 Å². The average Bonchev–Trinajstić information content (AvgIpc) is 2.89. The highest BCUT2D eigenvalue weighted by Crippen LogP contribution is 2.34. The molecule has 2 aliphatic rings. The van der Waals surface area contributed by atoms with Gasteiger partial charge in [0.25, 0.3) is 0 Å². The van der Waals surface area contributed by atoms with E-state index in [0.717, 1.165) is 43.6 Å². The maximum atomic E-state index is 9.52. The minimum Gasteiger partial charge on any atom is -0.504 e. The van der Waals surface area contributed by atoms with E-state index in [1.165, 1.54) is 0 Å². The van der Waals surface area contributed by atoms with Crippen molar-refractivity contribution >= 4 is 0 Å². The summed E-state index contributed by atoms with van der Waals surface area (Å²) in [4.78, 5) is 2.47. The van der Waals surface area contributed by atoms with Gasteiger partial charge in [-0.1, -0.05) is 6.07 Å². The second kappa shape index (κ2) is 4.44. The molecule has 3 N–H and O–H groups in total. The van der Waals surface area contributed by atoms with Crippen LogP contribution in [0.3, 0.4) is 0 Å². The van der Waals surface area contributed by atoms with Crippen LogP contribution in [-0.2, 0) is 6.54 Å². The SMILES string of the molecule is CC1C2CNCC2CN1Cc1ccc(O)c(O)c1. The Hall–Kier alpha value is -1.26. The van der Waals surface area contributed by atoms with E-state index in [1.54, 1.807) is 12.1 Å². The summed E-state index contributed by atoms with van der Waals surface area (Å²) in [6, 6.07) is 5.69. The van der Waals surface area contributed by atoms with Crippen molar-refractivity contribution in [2.24, 2.45) is 11.8 Å². The molecule has 3 rings (SSSR count). The van der Waals surface area contributed by atoms with Crippen LogP contribution < -0.4 is 5.32 Å². The largest absolute Gasteiger partial charge is 0.504 e. The third-order valence-corrected chi connectivity index (χ3v) is 4.48. The highest BCUT2D eigenvalue weighted by molar-refractivity contribution is 5.40. The molecule has 0 aromatic heterocycles. The zero-order valence-corrected chi connectivity index (χ0v) is 10.6. The standard InChI is InChI=1S/C14H20N2O2/c1-9-12-6-15-5-11(12)8-16(9)7-10-2-3-13(17)14(18)4-10/h2-4,9,11-12,15,17-18H,5-8H2,1H3. The van der Waals surface area contributed by atoms with Gasteiger partial charge in [-0.2, -0.15) is 0 Å². The molecule has 3 atom stereocenters. The number of hydrogen-bond acceptors (Lipinski definition) is 4. The van der Waals surface area contributed by atoms with Crippen LogP contribution >= 0.6 is 0 Å². The van der Waals surface area contributed by atoms with Gasteiger partial charge in [-0.3, -0.25) is 4.90 Å². The maximum absolute atomic E-state index is 9.52. The Morgan fingerprint density at radius 1 is 1.28 bits per heavy atom. The second-order valence-electron chi connectivity index (χ2n) is 5.58. The first kappa shape index (κ1) is 11.8. The second-order valence-corrected chi connectivity index (χ2v) is 5.58. The lowest BCUT2D eigenvalue weighted by Gasteiger charge is -2.24. The van der Waals surface area contributed by atoms with Gasteiger partial charge in [0.1, 0.15) is 0 Å². The van der Waals surface area contributed by atoms with Gasteiger partial charge in [0.2, 0.25) is 0 Å². The number of likely N-dealkylation sites (tertiary alicyclic amines) is 1. The molecule has 2 fully saturated rings. The van der Waals surface area contributed by atoms with E-state index in [0.29, 0.717) is 6.04 Å². The first-order valence-corrected chi connectivity index (χ1v) is 6.61. The summed E-state index contributed by atoms with van der Waals surface area (Å²) < 4.78 is 0. The van der Waals surface area contributed by atoms with Gasteiger partial charge < -0.3 is 15.5 Å². The van der Waals surface area contributed by atoms with Gasteiger partial charge in [0, 0.05) is 19.1 Å². The molecule has 1 aromatic carbocycles. The van der Waals surface area contributed by atoms with Crippen LogP contribution in [0, 0.1) is 11.8 Å². The smallest absolute Gasteiger partial charge is 0.157 e. The lowest BCUT2D eigenvalue weighted by atomic mass is 9.95. The fourth-order valence-electron chi connectivity index (χ4n) is 3.37.